The molecular formula is C19H24O5. The number of unbranched alkanes of at least 4 members (excludes halogenated alkanes) is 3. The molecule has 5 nitrogen and oxygen atoms in total. The fourth-order valence-electron chi connectivity index (χ4n) is 2.14. The molecule has 1 aromatic carbocycles. The Labute approximate surface area is 142 Å². The van der Waals surface area contributed by atoms with E-state index in [-0.39, 0.29) is 0 Å². The smallest absolute Gasteiger partial charge is 0.331 e. The van der Waals surface area contributed by atoms with E-state index in [1.165, 1.54) is 0 Å². The standard InChI is InChI=1S/C19H24O5/c1-3-18(20)24-13-7-5-4-6-8-16(19(21)22)14-15-9-11-17(23-2)12-10-15/h3,9-12,14H,1,4-8,13H2,2H3,(H,21,22). The molecule has 0 aliphatic rings. The van der Waals surface area contributed by atoms with Gasteiger partial charge in [0.1, 0.15) is 5.75 Å². The predicted octanol–water partition coefficient (Wildman–Crippen LogP) is 3.84. The molecule has 0 fully saturated rings. The van der Waals surface area contributed by atoms with Gasteiger partial charge in [-0.05, 0) is 43.0 Å². The van der Waals surface area contributed by atoms with Crippen LogP contribution in [0.2, 0.25) is 0 Å². The van der Waals surface area contributed by atoms with Gasteiger partial charge in [0.25, 0.3) is 0 Å². The SMILES string of the molecule is C=CC(=O)OCCCCCCC(=Cc1ccc(OC)cc1)C(=O)O. The molecule has 0 aromatic heterocycles. The van der Waals surface area contributed by atoms with Crippen molar-refractivity contribution in [3.05, 3.63) is 48.1 Å². The van der Waals surface area contributed by atoms with Crippen molar-refractivity contribution in [1.29, 1.82) is 0 Å². The van der Waals surface area contributed by atoms with Crippen molar-refractivity contribution < 1.29 is 24.2 Å². The molecule has 0 saturated heterocycles. The highest BCUT2D eigenvalue weighted by Gasteiger charge is 2.07. The van der Waals surface area contributed by atoms with Crippen molar-refractivity contribution in [3.8, 4) is 5.75 Å². The molecule has 1 rings (SSSR count). The van der Waals surface area contributed by atoms with Gasteiger partial charge in [-0.3, -0.25) is 0 Å². The second kappa shape index (κ2) is 11.0. The largest absolute Gasteiger partial charge is 0.497 e. The molecule has 0 spiro atoms. The number of ether oxygens (including phenoxy) is 2. The fraction of sp³-hybridized carbons (Fsp3) is 0.368. The van der Waals surface area contributed by atoms with E-state index < -0.39 is 11.9 Å². The molecule has 0 unspecified atom stereocenters. The van der Waals surface area contributed by atoms with E-state index in [4.69, 9.17) is 9.47 Å². The highest BCUT2D eigenvalue weighted by Crippen LogP contribution is 2.17. The second-order valence-corrected chi connectivity index (χ2v) is 5.28. The zero-order valence-electron chi connectivity index (χ0n) is 14.0. The summed E-state index contributed by atoms with van der Waals surface area (Å²) in [6.45, 7) is 3.70. The van der Waals surface area contributed by atoms with Crippen LogP contribution < -0.4 is 4.74 Å². The summed E-state index contributed by atoms with van der Waals surface area (Å²) in [5, 5.41) is 9.30. The van der Waals surface area contributed by atoms with E-state index in [2.05, 4.69) is 6.58 Å². The van der Waals surface area contributed by atoms with E-state index in [1.807, 2.05) is 12.1 Å². The minimum atomic E-state index is -0.897. The Bertz CT molecular complexity index is 572. The summed E-state index contributed by atoms with van der Waals surface area (Å²) in [6.07, 6.45) is 6.66. The number of methoxy groups -OCH3 is 1. The van der Waals surface area contributed by atoms with Gasteiger partial charge in [0.05, 0.1) is 13.7 Å². The highest BCUT2D eigenvalue weighted by atomic mass is 16.5. The number of esters is 1. The molecule has 0 aliphatic heterocycles. The van der Waals surface area contributed by atoms with Crippen molar-refractivity contribution in [1.82, 2.24) is 0 Å². The topological polar surface area (TPSA) is 72.8 Å². The summed E-state index contributed by atoms with van der Waals surface area (Å²) in [5.41, 5.74) is 1.22. The third-order valence-corrected chi connectivity index (χ3v) is 3.48. The third-order valence-electron chi connectivity index (χ3n) is 3.48. The first-order valence-corrected chi connectivity index (χ1v) is 7.94. The Hall–Kier alpha value is -2.56. The van der Waals surface area contributed by atoms with Gasteiger partial charge in [-0.25, -0.2) is 9.59 Å². The van der Waals surface area contributed by atoms with Crippen molar-refractivity contribution in [3.63, 3.8) is 0 Å². The molecule has 0 heterocycles. The molecule has 0 radical (unpaired) electrons. The number of hydrogen-bond acceptors (Lipinski definition) is 4. The summed E-state index contributed by atoms with van der Waals surface area (Å²) in [5.74, 6) is -0.572. The van der Waals surface area contributed by atoms with Gasteiger partial charge < -0.3 is 14.6 Å². The normalized spacial score (nSPS) is 11.0. The molecule has 0 amide bonds. The number of carbonyl (C=O) groups is 2. The first kappa shape index (κ1) is 19.5. The van der Waals surface area contributed by atoms with Gasteiger partial charge in [-0.2, -0.15) is 0 Å². The Morgan fingerprint density at radius 3 is 2.38 bits per heavy atom. The molecule has 0 atom stereocenters. The van der Waals surface area contributed by atoms with Crippen LogP contribution in [0.1, 0.15) is 37.7 Å². The Morgan fingerprint density at radius 2 is 1.79 bits per heavy atom. The second-order valence-electron chi connectivity index (χ2n) is 5.28. The van der Waals surface area contributed by atoms with Crippen LogP contribution in [0.25, 0.3) is 6.08 Å². The van der Waals surface area contributed by atoms with E-state index in [0.29, 0.717) is 18.6 Å². The zero-order valence-corrected chi connectivity index (χ0v) is 14.0. The Balaban J connectivity index is 2.38. The van der Waals surface area contributed by atoms with Crippen molar-refractivity contribution in [2.45, 2.75) is 32.1 Å². The van der Waals surface area contributed by atoms with Gasteiger partial charge in [-0.15, -0.1) is 0 Å². The number of carbonyl (C=O) groups excluding carboxylic acids is 1. The number of rotatable bonds is 11. The predicted molar refractivity (Wildman–Crippen MR) is 92.8 cm³/mol. The van der Waals surface area contributed by atoms with Crippen LogP contribution in [0.15, 0.2) is 42.5 Å². The van der Waals surface area contributed by atoms with Crippen molar-refractivity contribution in [2.24, 2.45) is 0 Å². The zero-order chi connectivity index (χ0) is 17.8. The lowest BCUT2D eigenvalue weighted by Gasteiger charge is -2.05. The van der Waals surface area contributed by atoms with E-state index in [9.17, 15) is 14.7 Å². The lowest BCUT2D eigenvalue weighted by molar-refractivity contribution is -0.138. The van der Waals surface area contributed by atoms with Crippen LogP contribution in [0.5, 0.6) is 5.75 Å². The quantitative estimate of drug-likeness (QED) is 0.379. The molecule has 0 bridgehead atoms. The molecule has 5 heteroatoms. The number of benzene rings is 1. The van der Waals surface area contributed by atoms with Gasteiger partial charge in [0, 0.05) is 11.6 Å². The number of carboxylic acid groups (broad SMARTS) is 1. The molecule has 1 N–H and O–H groups in total. The monoisotopic (exact) mass is 332 g/mol. The molecule has 0 saturated carbocycles. The van der Waals surface area contributed by atoms with Crippen molar-refractivity contribution in [2.75, 3.05) is 13.7 Å². The van der Waals surface area contributed by atoms with E-state index in [0.717, 1.165) is 43.1 Å². The summed E-state index contributed by atoms with van der Waals surface area (Å²) in [4.78, 5) is 22.2. The lowest BCUT2D eigenvalue weighted by Crippen LogP contribution is -2.02. The average molecular weight is 332 g/mol. The maximum Gasteiger partial charge on any atom is 0.331 e. The number of carboxylic acids is 1. The molecule has 0 aliphatic carbocycles. The van der Waals surface area contributed by atoms with Gasteiger partial charge in [0.2, 0.25) is 0 Å². The van der Waals surface area contributed by atoms with Crippen LogP contribution in [-0.4, -0.2) is 30.8 Å². The lowest BCUT2D eigenvalue weighted by atomic mass is 10.0. The Kier molecular flexibility index (Phi) is 8.97. The molecular weight excluding hydrogens is 308 g/mol. The summed E-state index contributed by atoms with van der Waals surface area (Å²) in [7, 11) is 1.59. The van der Waals surface area contributed by atoms with E-state index >= 15 is 0 Å². The van der Waals surface area contributed by atoms with Crippen LogP contribution in [0.3, 0.4) is 0 Å². The Morgan fingerprint density at radius 1 is 1.12 bits per heavy atom. The highest BCUT2D eigenvalue weighted by molar-refractivity contribution is 5.92. The first-order chi connectivity index (χ1) is 11.6. The summed E-state index contributed by atoms with van der Waals surface area (Å²) >= 11 is 0. The number of hydrogen-bond donors (Lipinski definition) is 1. The molecule has 130 valence electrons. The maximum atomic E-state index is 11.3. The molecule has 24 heavy (non-hydrogen) atoms. The fourth-order valence-corrected chi connectivity index (χ4v) is 2.14. The minimum Gasteiger partial charge on any atom is -0.497 e. The van der Waals surface area contributed by atoms with Crippen molar-refractivity contribution >= 4 is 18.0 Å². The maximum absolute atomic E-state index is 11.3. The van der Waals surface area contributed by atoms with Crippen LogP contribution >= 0.6 is 0 Å². The first-order valence-electron chi connectivity index (χ1n) is 7.94. The van der Waals surface area contributed by atoms with Gasteiger partial charge in [0.15, 0.2) is 0 Å². The average Bonchev–Trinajstić information content (AvgIpc) is 2.59. The summed E-state index contributed by atoms with van der Waals surface area (Å²) < 4.78 is 9.96. The van der Waals surface area contributed by atoms with Crippen LogP contribution in [0, 0.1) is 0 Å². The van der Waals surface area contributed by atoms with Gasteiger partial charge in [-0.1, -0.05) is 31.6 Å². The van der Waals surface area contributed by atoms with Gasteiger partial charge >= 0.3 is 11.9 Å². The van der Waals surface area contributed by atoms with Crippen LogP contribution in [0.4, 0.5) is 0 Å². The number of aliphatic carboxylic acids is 1. The minimum absolute atomic E-state index is 0.373. The third kappa shape index (κ3) is 7.63. The van der Waals surface area contributed by atoms with Crippen LogP contribution in [-0.2, 0) is 14.3 Å². The summed E-state index contributed by atoms with van der Waals surface area (Å²) in [6, 6.07) is 7.26. The molecule has 1 aromatic rings. The van der Waals surface area contributed by atoms with E-state index in [1.54, 1.807) is 25.3 Å².